The fraction of sp³-hybridized carbons (Fsp3) is 0.733. The zero-order valence-corrected chi connectivity index (χ0v) is 13.9. The Kier molecular flexibility index (Phi) is 5.87. The summed E-state index contributed by atoms with van der Waals surface area (Å²) in [6, 6.07) is -0.00505. The molecule has 1 atom stereocenters. The maximum absolute atomic E-state index is 13.1. The Hall–Kier alpha value is -1.61. The van der Waals surface area contributed by atoms with Gasteiger partial charge in [-0.2, -0.15) is 13.2 Å². The lowest BCUT2D eigenvalue weighted by molar-refractivity contribution is -0.143. The topological polar surface area (TPSA) is 67.6 Å². The van der Waals surface area contributed by atoms with E-state index in [4.69, 9.17) is 9.26 Å². The lowest BCUT2D eigenvalue weighted by atomic mass is 10.0. The lowest BCUT2D eigenvalue weighted by Crippen LogP contribution is -2.47. The summed E-state index contributed by atoms with van der Waals surface area (Å²) in [6.45, 7) is 8.12. The third-order valence-electron chi connectivity index (χ3n) is 3.97. The molecule has 0 aliphatic carbocycles. The van der Waals surface area contributed by atoms with Crippen LogP contribution in [0.4, 0.5) is 13.2 Å². The van der Waals surface area contributed by atoms with E-state index in [-0.39, 0.29) is 24.3 Å². The van der Waals surface area contributed by atoms with Crippen molar-refractivity contribution in [2.45, 2.75) is 38.9 Å². The Labute approximate surface area is 138 Å². The monoisotopic (exact) mass is 349 g/mol. The quantitative estimate of drug-likeness (QED) is 0.883. The van der Waals surface area contributed by atoms with E-state index in [2.05, 4.69) is 15.4 Å². The highest BCUT2D eigenvalue weighted by atomic mass is 19.4. The molecule has 1 saturated heterocycles. The van der Waals surface area contributed by atoms with E-state index in [9.17, 15) is 18.0 Å². The van der Waals surface area contributed by atoms with Crippen molar-refractivity contribution >= 4 is 5.91 Å². The fourth-order valence-electron chi connectivity index (χ4n) is 2.59. The molecule has 1 amide bonds. The van der Waals surface area contributed by atoms with Gasteiger partial charge >= 0.3 is 6.18 Å². The van der Waals surface area contributed by atoms with E-state index in [1.54, 1.807) is 13.8 Å². The molecule has 0 aromatic carbocycles. The smallest absolute Gasteiger partial charge is 0.379 e. The Bertz CT molecular complexity index is 566. The van der Waals surface area contributed by atoms with Crippen LogP contribution in [0.15, 0.2) is 4.52 Å². The number of hydrogen-bond donors (Lipinski definition) is 1. The molecule has 1 aromatic rings. The van der Waals surface area contributed by atoms with Crippen LogP contribution >= 0.6 is 0 Å². The van der Waals surface area contributed by atoms with Crippen molar-refractivity contribution in [2.24, 2.45) is 0 Å². The molecule has 1 aromatic heterocycles. The standard InChI is InChI=1S/C15H22F3N3O3/c1-9(2)12-11(13(20-24-12)15(16,17)18)14(22)19-8-10(3)21-4-6-23-7-5-21/h9-10H,4-8H2,1-3H3,(H,19,22)/t10-/m0/s1. The van der Waals surface area contributed by atoms with Gasteiger partial charge in [0.2, 0.25) is 0 Å². The number of nitrogens with one attached hydrogen (secondary N) is 1. The second-order valence-electron chi connectivity index (χ2n) is 6.13. The number of hydrogen-bond acceptors (Lipinski definition) is 5. The molecule has 9 heteroatoms. The van der Waals surface area contributed by atoms with Crippen LogP contribution in [0.1, 0.15) is 48.5 Å². The van der Waals surface area contributed by atoms with Gasteiger partial charge in [-0.1, -0.05) is 19.0 Å². The zero-order valence-electron chi connectivity index (χ0n) is 13.9. The summed E-state index contributed by atoms with van der Waals surface area (Å²) in [7, 11) is 0. The summed E-state index contributed by atoms with van der Waals surface area (Å²) in [5.41, 5.74) is -1.80. The van der Waals surface area contributed by atoms with E-state index in [1.807, 2.05) is 6.92 Å². The van der Waals surface area contributed by atoms with Gasteiger partial charge in [-0.3, -0.25) is 9.69 Å². The number of rotatable bonds is 5. The van der Waals surface area contributed by atoms with Gasteiger partial charge in [0.1, 0.15) is 5.56 Å². The molecule has 24 heavy (non-hydrogen) atoms. The SMILES string of the molecule is CC(C)c1onc(C(F)(F)F)c1C(=O)NC[C@H](C)N1CCOCC1. The fourth-order valence-corrected chi connectivity index (χ4v) is 2.59. The number of carbonyl (C=O) groups excluding carboxylic acids is 1. The van der Waals surface area contributed by atoms with Crippen molar-refractivity contribution in [3.63, 3.8) is 0 Å². The van der Waals surface area contributed by atoms with E-state index >= 15 is 0 Å². The number of halogens is 3. The first kappa shape index (κ1) is 18.7. The van der Waals surface area contributed by atoms with Crippen LogP contribution in [0.25, 0.3) is 0 Å². The van der Waals surface area contributed by atoms with Gasteiger partial charge in [0.15, 0.2) is 11.5 Å². The molecule has 1 aliphatic rings. The summed E-state index contributed by atoms with van der Waals surface area (Å²) in [4.78, 5) is 14.4. The predicted molar refractivity (Wildman–Crippen MR) is 79.8 cm³/mol. The second-order valence-corrected chi connectivity index (χ2v) is 6.13. The van der Waals surface area contributed by atoms with Crippen LogP contribution in [0, 0.1) is 0 Å². The van der Waals surface area contributed by atoms with Crippen molar-refractivity contribution in [1.29, 1.82) is 0 Å². The first-order valence-corrected chi connectivity index (χ1v) is 7.88. The van der Waals surface area contributed by atoms with E-state index in [0.29, 0.717) is 13.2 Å². The molecular weight excluding hydrogens is 327 g/mol. The lowest BCUT2D eigenvalue weighted by Gasteiger charge is -2.32. The molecule has 2 heterocycles. The molecular formula is C15H22F3N3O3. The third kappa shape index (κ3) is 4.27. The zero-order chi connectivity index (χ0) is 17.9. The molecule has 1 aliphatic heterocycles. The minimum atomic E-state index is -4.74. The molecule has 0 saturated carbocycles. The Morgan fingerprint density at radius 3 is 2.46 bits per heavy atom. The molecule has 136 valence electrons. The maximum atomic E-state index is 13.1. The molecule has 0 unspecified atom stereocenters. The number of carbonyl (C=O) groups is 1. The molecule has 1 N–H and O–H groups in total. The van der Waals surface area contributed by atoms with Crippen LogP contribution in [-0.4, -0.2) is 54.9 Å². The van der Waals surface area contributed by atoms with E-state index in [1.165, 1.54) is 0 Å². The Morgan fingerprint density at radius 2 is 1.92 bits per heavy atom. The number of alkyl halides is 3. The minimum Gasteiger partial charge on any atom is -0.379 e. The third-order valence-corrected chi connectivity index (χ3v) is 3.97. The number of nitrogens with zero attached hydrogens (tertiary/aromatic N) is 2. The van der Waals surface area contributed by atoms with Crippen LogP contribution in [0.5, 0.6) is 0 Å². The van der Waals surface area contributed by atoms with Crippen LogP contribution in [0.2, 0.25) is 0 Å². The van der Waals surface area contributed by atoms with Crippen molar-refractivity contribution in [3.05, 3.63) is 17.0 Å². The van der Waals surface area contributed by atoms with Crippen LogP contribution in [-0.2, 0) is 10.9 Å². The summed E-state index contributed by atoms with van der Waals surface area (Å²) < 4.78 is 49.2. The van der Waals surface area contributed by atoms with Crippen molar-refractivity contribution in [3.8, 4) is 0 Å². The van der Waals surface area contributed by atoms with Crippen LogP contribution < -0.4 is 5.32 Å². The van der Waals surface area contributed by atoms with E-state index < -0.39 is 23.3 Å². The van der Waals surface area contributed by atoms with Crippen molar-refractivity contribution in [1.82, 2.24) is 15.4 Å². The van der Waals surface area contributed by atoms with Crippen molar-refractivity contribution < 1.29 is 27.2 Å². The number of amides is 1. The largest absolute Gasteiger partial charge is 0.437 e. The summed E-state index contributed by atoms with van der Waals surface area (Å²) >= 11 is 0. The van der Waals surface area contributed by atoms with Crippen molar-refractivity contribution in [2.75, 3.05) is 32.8 Å². The Balaban J connectivity index is 2.09. The van der Waals surface area contributed by atoms with Gasteiger partial charge in [-0.15, -0.1) is 0 Å². The first-order valence-electron chi connectivity index (χ1n) is 7.88. The van der Waals surface area contributed by atoms with Gasteiger partial charge in [0.05, 0.1) is 13.2 Å². The highest BCUT2D eigenvalue weighted by Gasteiger charge is 2.42. The molecule has 1 fully saturated rings. The van der Waals surface area contributed by atoms with Gasteiger partial charge in [-0.25, -0.2) is 0 Å². The van der Waals surface area contributed by atoms with Gasteiger partial charge in [-0.05, 0) is 6.92 Å². The highest BCUT2D eigenvalue weighted by molar-refractivity contribution is 5.96. The summed E-state index contributed by atoms with van der Waals surface area (Å²) in [6.07, 6.45) is -4.74. The molecule has 2 rings (SSSR count). The molecule has 0 radical (unpaired) electrons. The average Bonchev–Trinajstić information content (AvgIpc) is 2.98. The van der Waals surface area contributed by atoms with Gasteiger partial charge in [0.25, 0.3) is 5.91 Å². The number of ether oxygens (including phenoxy) is 1. The second kappa shape index (κ2) is 7.52. The normalized spacial score (nSPS) is 18.0. The molecule has 0 bridgehead atoms. The maximum Gasteiger partial charge on any atom is 0.437 e. The summed E-state index contributed by atoms with van der Waals surface area (Å²) in [5, 5.41) is 5.63. The van der Waals surface area contributed by atoms with Gasteiger partial charge < -0.3 is 14.6 Å². The first-order chi connectivity index (χ1) is 11.2. The highest BCUT2D eigenvalue weighted by Crippen LogP contribution is 2.34. The molecule has 6 nitrogen and oxygen atoms in total. The number of morpholine rings is 1. The van der Waals surface area contributed by atoms with Gasteiger partial charge in [0, 0.05) is 31.6 Å². The average molecular weight is 349 g/mol. The van der Waals surface area contributed by atoms with Crippen LogP contribution in [0.3, 0.4) is 0 Å². The predicted octanol–water partition coefficient (Wildman–Crippen LogP) is 2.27. The van der Waals surface area contributed by atoms with E-state index in [0.717, 1.165) is 13.1 Å². The minimum absolute atomic E-state index is 0.00505. The number of aromatic nitrogens is 1. The molecule has 0 spiro atoms. The summed E-state index contributed by atoms with van der Waals surface area (Å²) in [5.74, 6) is -1.25. The Morgan fingerprint density at radius 1 is 1.29 bits per heavy atom.